The standard InChI is InChI=1S/C13H19N3O4S/c1-21(19,20)11-4-5-12(13(9-11)16(17)18)15-8-6-10-3-2-7-14-10/h4-5,9-10,14-15H,2-3,6-8H2,1H3/t10-/m0/s1. The zero-order valence-electron chi connectivity index (χ0n) is 11.8. The van der Waals surface area contributed by atoms with Crippen molar-refractivity contribution in [3.63, 3.8) is 0 Å². The van der Waals surface area contributed by atoms with Crippen molar-refractivity contribution in [1.29, 1.82) is 0 Å². The summed E-state index contributed by atoms with van der Waals surface area (Å²) in [4.78, 5) is 10.5. The second-order valence-electron chi connectivity index (χ2n) is 5.22. The molecule has 0 saturated carbocycles. The highest BCUT2D eigenvalue weighted by atomic mass is 32.2. The Hall–Kier alpha value is -1.67. The smallest absolute Gasteiger partial charge is 0.293 e. The van der Waals surface area contributed by atoms with E-state index in [0.29, 0.717) is 18.3 Å². The quantitative estimate of drug-likeness (QED) is 0.610. The zero-order valence-corrected chi connectivity index (χ0v) is 12.6. The van der Waals surface area contributed by atoms with Crippen LogP contribution in [0.2, 0.25) is 0 Å². The van der Waals surface area contributed by atoms with Gasteiger partial charge in [0.1, 0.15) is 5.69 Å². The first-order chi connectivity index (χ1) is 9.88. The molecule has 0 spiro atoms. The van der Waals surface area contributed by atoms with E-state index in [2.05, 4.69) is 10.6 Å². The summed E-state index contributed by atoms with van der Waals surface area (Å²) in [6.07, 6.45) is 4.20. The van der Waals surface area contributed by atoms with Crippen LogP contribution >= 0.6 is 0 Å². The van der Waals surface area contributed by atoms with Gasteiger partial charge < -0.3 is 10.6 Å². The SMILES string of the molecule is CS(=O)(=O)c1ccc(NCC[C@@H]2CCCN2)c([N+](=O)[O-])c1. The van der Waals surface area contributed by atoms with Crippen molar-refractivity contribution >= 4 is 21.2 Å². The summed E-state index contributed by atoms with van der Waals surface area (Å²) < 4.78 is 22.9. The molecule has 1 aromatic rings. The lowest BCUT2D eigenvalue weighted by molar-refractivity contribution is -0.384. The fourth-order valence-corrected chi connectivity index (χ4v) is 3.07. The molecule has 7 nitrogen and oxygen atoms in total. The monoisotopic (exact) mass is 313 g/mol. The number of nitrogens with one attached hydrogen (secondary N) is 2. The number of nitro benzene ring substituents is 1. The molecule has 1 fully saturated rings. The highest BCUT2D eigenvalue weighted by Gasteiger charge is 2.19. The van der Waals surface area contributed by atoms with Crippen LogP contribution in [-0.2, 0) is 9.84 Å². The maximum atomic E-state index is 11.5. The zero-order chi connectivity index (χ0) is 15.5. The second kappa shape index (κ2) is 6.40. The third-order valence-corrected chi connectivity index (χ3v) is 4.67. The minimum Gasteiger partial charge on any atom is -0.379 e. The van der Waals surface area contributed by atoms with Gasteiger partial charge in [-0.3, -0.25) is 10.1 Å². The summed E-state index contributed by atoms with van der Waals surface area (Å²) in [7, 11) is -3.45. The van der Waals surface area contributed by atoms with Gasteiger partial charge >= 0.3 is 0 Å². The summed E-state index contributed by atoms with van der Waals surface area (Å²) in [5.41, 5.74) is 0.141. The summed E-state index contributed by atoms with van der Waals surface area (Å²) in [5.74, 6) is 0. The molecule has 2 rings (SSSR count). The van der Waals surface area contributed by atoms with Gasteiger partial charge in [0, 0.05) is 24.9 Å². The van der Waals surface area contributed by atoms with Gasteiger partial charge in [-0.1, -0.05) is 0 Å². The molecule has 1 saturated heterocycles. The van der Waals surface area contributed by atoms with Crippen LogP contribution in [0.3, 0.4) is 0 Å². The van der Waals surface area contributed by atoms with E-state index in [1.165, 1.54) is 12.1 Å². The highest BCUT2D eigenvalue weighted by molar-refractivity contribution is 7.90. The number of nitrogens with zero attached hydrogens (tertiary/aromatic N) is 1. The summed E-state index contributed by atoms with van der Waals surface area (Å²) in [6, 6.07) is 4.40. The molecule has 21 heavy (non-hydrogen) atoms. The van der Waals surface area contributed by atoms with Crippen LogP contribution in [0.5, 0.6) is 0 Å². The van der Waals surface area contributed by atoms with Gasteiger partial charge in [-0.05, 0) is 37.9 Å². The van der Waals surface area contributed by atoms with E-state index in [9.17, 15) is 18.5 Å². The van der Waals surface area contributed by atoms with Crippen LogP contribution in [0.1, 0.15) is 19.3 Å². The molecule has 1 atom stereocenters. The van der Waals surface area contributed by atoms with Crippen molar-refractivity contribution in [1.82, 2.24) is 5.32 Å². The first-order valence-electron chi connectivity index (χ1n) is 6.83. The maximum Gasteiger partial charge on any atom is 0.293 e. The lowest BCUT2D eigenvalue weighted by atomic mass is 10.1. The van der Waals surface area contributed by atoms with Crippen molar-refractivity contribution in [2.24, 2.45) is 0 Å². The summed E-state index contributed by atoms with van der Waals surface area (Å²) in [6.45, 7) is 1.63. The third-order valence-electron chi connectivity index (χ3n) is 3.56. The van der Waals surface area contributed by atoms with E-state index in [0.717, 1.165) is 38.1 Å². The minimum absolute atomic E-state index is 0.0443. The van der Waals surface area contributed by atoms with Gasteiger partial charge in [0.15, 0.2) is 9.84 Å². The van der Waals surface area contributed by atoms with Crippen molar-refractivity contribution < 1.29 is 13.3 Å². The van der Waals surface area contributed by atoms with Crippen LogP contribution in [0.25, 0.3) is 0 Å². The van der Waals surface area contributed by atoms with Gasteiger partial charge in [0.05, 0.1) is 9.82 Å². The van der Waals surface area contributed by atoms with Crippen LogP contribution in [0.4, 0.5) is 11.4 Å². The number of nitro groups is 1. The average molecular weight is 313 g/mol. The normalized spacial score (nSPS) is 18.6. The minimum atomic E-state index is -3.45. The molecule has 0 radical (unpaired) electrons. The van der Waals surface area contributed by atoms with E-state index in [-0.39, 0.29) is 10.6 Å². The first kappa shape index (κ1) is 15.7. The number of sulfone groups is 1. The number of rotatable bonds is 6. The molecular formula is C13H19N3O4S. The molecule has 2 N–H and O–H groups in total. The Morgan fingerprint density at radius 3 is 2.81 bits per heavy atom. The van der Waals surface area contributed by atoms with Crippen molar-refractivity contribution in [2.45, 2.75) is 30.2 Å². The summed E-state index contributed by atoms with van der Waals surface area (Å²) in [5, 5.41) is 17.5. The molecule has 1 aliphatic heterocycles. The molecule has 0 aliphatic carbocycles. The Morgan fingerprint density at radius 1 is 1.48 bits per heavy atom. The Kier molecular flexibility index (Phi) is 4.79. The Bertz CT molecular complexity index is 624. The first-order valence-corrected chi connectivity index (χ1v) is 8.73. The van der Waals surface area contributed by atoms with E-state index in [1.54, 1.807) is 0 Å². The second-order valence-corrected chi connectivity index (χ2v) is 7.23. The third kappa shape index (κ3) is 4.15. The van der Waals surface area contributed by atoms with Crippen molar-refractivity contribution in [3.05, 3.63) is 28.3 Å². The molecule has 0 bridgehead atoms. The van der Waals surface area contributed by atoms with E-state index in [4.69, 9.17) is 0 Å². The highest BCUT2D eigenvalue weighted by Crippen LogP contribution is 2.27. The van der Waals surface area contributed by atoms with Gasteiger partial charge in [-0.2, -0.15) is 0 Å². The number of hydrogen-bond donors (Lipinski definition) is 2. The van der Waals surface area contributed by atoms with Gasteiger partial charge in [-0.25, -0.2) is 8.42 Å². The fourth-order valence-electron chi connectivity index (χ4n) is 2.43. The number of hydrogen-bond acceptors (Lipinski definition) is 6. The molecule has 1 aromatic carbocycles. The fraction of sp³-hybridized carbons (Fsp3) is 0.538. The topological polar surface area (TPSA) is 101 Å². The molecule has 1 aliphatic rings. The van der Waals surface area contributed by atoms with E-state index in [1.807, 2.05) is 0 Å². The molecule has 0 aromatic heterocycles. The van der Waals surface area contributed by atoms with Crippen molar-refractivity contribution in [3.8, 4) is 0 Å². The lowest BCUT2D eigenvalue weighted by Crippen LogP contribution is -2.24. The van der Waals surface area contributed by atoms with Crippen LogP contribution in [0.15, 0.2) is 23.1 Å². The molecule has 0 amide bonds. The molecule has 8 heteroatoms. The Balaban J connectivity index is 2.09. The summed E-state index contributed by atoms with van der Waals surface area (Å²) >= 11 is 0. The largest absolute Gasteiger partial charge is 0.379 e. The predicted molar refractivity (Wildman–Crippen MR) is 80.3 cm³/mol. The Morgan fingerprint density at radius 2 is 2.24 bits per heavy atom. The van der Waals surface area contributed by atoms with Gasteiger partial charge in [-0.15, -0.1) is 0 Å². The molecular weight excluding hydrogens is 294 g/mol. The van der Waals surface area contributed by atoms with Gasteiger partial charge in [0.2, 0.25) is 0 Å². The molecule has 1 heterocycles. The van der Waals surface area contributed by atoms with Crippen molar-refractivity contribution in [2.75, 3.05) is 24.7 Å². The maximum absolute atomic E-state index is 11.5. The van der Waals surface area contributed by atoms with Crippen LogP contribution in [-0.4, -0.2) is 38.7 Å². The van der Waals surface area contributed by atoms with E-state index >= 15 is 0 Å². The molecule has 116 valence electrons. The van der Waals surface area contributed by atoms with E-state index < -0.39 is 14.8 Å². The predicted octanol–water partition coefficient (Wildman–Crippen LogP) is 1.55. The average Bonchev–Trinajstić information content (AvgIpc) is 2.90. The van der Waals surface area contributed by atoms with Gasteiger partial charge in [0.25, 0.3) is 5.69 Å². The lowest BCUT2D eigenvalue weighted by Gasteiger charge is -2.12. The van der Waals surface area contributed by atoms with Crippen LogP contribution < -0.4 is 10.6 Å². The Labute approximate surface area is 123 Å². The number of anilines is 1. The number of benzene rings is 1. The van der Waals surface area contributed by atoms with Crippen LogP contribution in [0, 0.1) is 10.1 Å². The molecule has 0 unspecified atom stereocenters.